The topological polar surface area (TPSA) is 103 Å². The highest BCUT2D eigenvalue weighted by atomic mass is 79.9. The number of hydrogen-bond donors (Lipinski definition) is 3. The summed E-state index contributed by atoms with van der Waals surface area (Å²) in [6, 6.07) is 3.60. The molecule has 0 spiro atoms. The maximum atomic E-state index is 8.52. The van der Waals surface area contributed by atoms with Crippen molar-refractivity contribution in [2.75, 3.05) is 6.61 Å². The van der Waals surface area contributed by atoms with Crippen molar-refractivity contribution >= 4 is 61.2 Å². The summed E-state index contributed by atoms with van der Waals surface area (Å²) in [4.78, 5) is 21.6. The third-order valence-corrected chi connectivity index (χ3v) is 4.05. The molecule has 126 valence electrons. The van der Waals surface area contributed by atoms with Crippen LogP contribution in [-0.4, -0.2) is 41.6 Å². The molecule has 0 saturated heterocycles. The Bertz CT molecular complexity index is 1100. The second-order valence-electron chi connectivity index (χ2n) is 4.61. The van der Waals surface area contributed by atoms with Crippen LogP contribution >= 0.6 is 39.1 Å². The quantitative estimate of drug-likeness (QED) is 0.288. The number of aliphatic hydroxyl groups is 1. The van der Waals surface area contributed by atoms with E-state index in [4.69, 9.17) is 28.3 Å². The number of nitrogens with zero attached hydrogens (tertiary/aromatic N) is 4. The van der Waals surface area contributed by atoms with Crippen molar-refractivity contribution in [1.82, 2.24) is 29.9 Å². The van der Waals surface area contributed by atoms with Crippen LogP contribution in [0.4, 0.5) is 0 Å². The summed E-state index contributed by atoms with van der Waals surface area (Å²) in [6.45, 7) is -0.172. The van der Waals surface area contributed by atoms with Crippen molar-refractivity contribution in [3.63, 3.8) is 0 Å². The Morgan fingerprint density at radius 2 is 1.56 bits per heavy atom. The van der Waals surface area contributed by atoms with Crippen LogP contribution < -0.4 is 0 Å². The van der Waals surface area contributed by atoms with Gasteiger partial charge in [0.05, 0.1) is 21.1 Å². The zero-order valence-corrected chi connectivity index (χ0v) is 15.5. The summed E-state index contributed by atoms with van der Waals surface area (Å²) >= 11 is 14.9. The number of halogens is 3. The van der Waals surface area contributed by atoms with Gasteiger partial charge in [-0.2, -0.15) is 0 Å². The second kappa shape index (κ2) is 7.80. The zero-order valence-electron chi connectivity index (χ0n) is 12.4. The number of H-pyrrole nitrogens is 2. The zero-order chi connectivity index (χ0) is 17.8. The van der Waals surface area contributed by atoms with Crippen molar-refractivity contribution in [2.45, 2.75) is 0 Å². The molecule has 0 bridgehead atoms. The first-order valence-corrected chi connectivity index (χ1v) is 8.37. The Morgan fingerprint density at radius 1 is 0.960 bits per heavy atom. The van der Waals surface area contributed by atoms with E-state index in [-0.39, 0.29) is 6.61 Å². The Labute approximate surface area is 160 Å². The molecular formula is C15H9BrCl2N6O. The number of aromatic amines is 2. The summed E-state index contributed by atoms with van der Waals surface area (Å²) < 4.78 is 0.856. The van der Waals surface area contributed by atoms with Crippen LogP contribution in [0.15, 0.2) is 29.4 Å². The van der Waals surface area contributed by atoms with E-state index in [1.165, 1.54) is 12.7 Å². The number of hydrogen-bond acceptors (Lipinski definition) is 5. The fourth-order valence-corrected chi connectivity index (χ4v) is 2.78. The molecule has 10 heteroatoms. The molecule has 25 heavy (non-hydrogen) atoms. The van der Waals surface area contributed by atoms with Gasteiger partial charge in [0.25, 0.3) is 0 Å². The lowest BCUT2D eigenvalue weighted by Gasteiger charge is -1.88. The Hall–Kier alpha value is -2.18. The molecule has 7 nitrogen and oxygen atoms in total. The van der Waals surface area contributed by atoms with Gasteiger partial charge < -0.3 is 15.1 Å². The van der Waals surface area contributed by atoms with Crippen LogP contribution in [-0.2, 0) is 0 Å². The molecule has 4 aromatic heterocycles. The standard InChI is InChI=1S/C9H6ClN3O.C6H3BrClN3/c10-8-7-4-6(2-1-3-14)13-9(7)12-5-11-8;7-4-1-3-5(8)9-2-10-6(3)11-4/h4-5,14H,3H2,(H,11,12,13);1-2H,(H,9,10,11). The first-order valence-electron chi connectivity index (χ1n) is 6.82. The maximum Gasteiger partial charge on any atom is 0.143 e. The van der Waals surface area contributed by atoms with Gasteiger partial charge in [0.2, 0.25) is 0 Å². The van der Waals surface area contributed by atoms with Gasteiger partial charge >= 0.3 is 0 Å². The van der Waals surface area contributed by atoms with E-state index in [2.05, 4.69) is 57.7 Å². The monoisotopic (exact) mass is 438 g/mol. The lowest BCUT2D eigenvalue weighted by atomic mass is 10.3. The summed E-state index contributed by atoms with van der Waals surface area (Å²) in [6.07, 6.45) is 2.80. The lowest BCUT2D eigenvalue weighted by molar-refractivity contribution is 0.350. The van der Waals surface area contributed by atoms with Crippen LogP contribution in [0.2, 0.25) is 10.3 Å². The minimum atomic E-state index is -0.172. The van der Waals surface area contributed by atoms with Crippen LogP contribution in [0.1, 0.15) is 5.69 Å². The fourth-order valence-electron chi connectivity index (χ4n) is 1.99. The second-order valence-corrected chi connectivity index (χ2v) is 6.18. The molecule has 0 amide bonds. The minimum absolute atomic E-state index is 0.172. The predicted molar refractivity (Wildman–Crippen MR) is 99.5 cm³/mol. The first-order chi connectivity index (χ1) is 12.1. The van der Waals surface area contributed by atoms with Gasteiger partial charge in [-0.15, -0.1) is 0 Å². The SMILES string of the molecule is Clc1ncnc2[nH]c(Br)cc12.OCC#Cc1cc2c(Cl)ncnc2[nH]1. The Balaban J connectivity index is 0.000000150. The van der Waals surface area contributed by atoms with E-state index in [9.17, 15) is 0 Å². The van der Waals surface area contributed by atoms with Gasteiger partial charge in [0.15, 0.2) is 0 Å². The summed E-state index contributed by atoms with van der Waals surface area (Å²) in [5, 5.41) is 10.9. The average Bonchev–Trinajstić information content (AvgIpc) is 3.18. The Morgan fingerprint density at radius 3 is 2.12 bits per heavy atom. The summed E-state index contributed by atoms with van der Waals surface area (Å²) in [5.74, 6) is 5.26. The molecule has 0 aliphatic carbocycles. The van der Waals surface area contributed by atoms with Gasteiger partial charge in [0.1, 0.15) is 40.9 Å². The third kappa shape index (κ3) is 4.08. The molecule has 4 heterocycles. The van der Waals surface area contributed by atoms with E-state index in [0.29, 0.717) is 21.6 Å². The molecule has 0 fully saturated rings. The predicted octanol–water partition coefficient (Wildman–Crippen LogP) is 3.33. The van der Waals surface area contributed by atoms with Gasteiger partial charge in [-0.05, 0) is 34.0 Å². The van der Waals surface area contributed by atoms with Crippen LogP contribution in [0.5, 0.6) is 0 Å². The van der Waals surface area contributed by atoms with Gasteiger partial charge in [-0.25, -0.2) is 19.9 Å². The normalized spacial score (nSPS) is 10.2. The third-order valence-electron chi connectivity index (χ3n) is 3.02. The van der Waals surface area contributed by atoms with Crippen molar-refractivity contribution in [3.8, 4) is 11.8 Å². The van der Waals surface area contributed by atoms with E-state index in [1.54, 1.807) is 6.07 Å². The Kier molecular flexibility index (Phi) is 5.50. The highest BCUT2D eigenvalue weighted by molar-refractivity contribution is 9.10. The molecular weight excluding hydrogens is 431 g/mol. The average molecular weight is 440 g/mol. The highest BCUT2D eigenvalue weighted by Crippen LogP contribution is 2.22. The largest absolute Gasteiger partial charge is 0.384 e. The van der Waals surface area contributed by atoms with Crippen LogP contribution in [0, 0.1) is 11.8 Å². The maximum absolute atomic E-state index is 8.52. The van der Waals surface area contributed by atoms with E-state index in [0.717, 1.165) is 21.0 Å². The summed E-state index contributed by atoms with van der Waals surface area (Å²) in [5.41, 5.74) is 2.06. The molecule has 4 rings (SSSR count). The minimum Gasteiger partial charge on any atom is -0.384 e. The van der Waals surface area contributed by atoms with Crippen molar-refractivity contribution in [1.29, 1.82) is 0 Å². The van der Waals surface area contributed by atoms with E-state index < -0.39 is 0 Å². The van der Waals surface area contributed by atoms with Crippen LogP contribution in [0.3, 0.4) is 0 Å². The van der Waals surface area contributed by atoms with Gasteiger partial charge in [-0.3, -0.25) is 0 Å². The molecule has 3 N–H and O–H groups in total. The van der Waals surface area contributed by atoms with Crippen molar-refractivity contribution < 1.29 is 5.11 Å². The number of fused-ring (bicyclic) bond motifs is 2. The number of nitrogens with one attached hydrogen (secondary N) is 2. The van der Waals surface area contributed by atoms with Crippen molar-refractivity contribution in [3.05, 3.63) is 45.4 Å². The lowest BCUT2D eigenvalue weighted by Crippen LogP contribution is -1.80. The molecule has 4 aromatic rings. The van der Waals surface area contributed by atoms with Gasteiger partial charge in [0, 0.05) is 0 Å². The molecule has 0 radical (unpaired) electrons. The van der Waals surface area contributed by atoms with E-state index >= 15 is 0 Å². The number of rotatable bonds is 0. The van der Waals surface area contributed by atoms with E-state index in [1.807, 2.05) is 6.07 Å². The number of aromatic nitrogens is 6. The molecule has 0 aliphatic rings. The number of aliphatic hydroxyl groups excluding tert-OH is 1. The molecule has 0 atom stereocenters. The smallest absolute Gasteiger partial charge is 0.143 e. The fraction of sp³-hybridized carbons (Fsp3) is 0.0667. The van der Waals surface area contributed by atoms with Crippen LogP contribution in [0.25, 0.3) is 22.1 Å². The van der Waals surface area contributed by atoms with Gasteiger partial charge in [-0.1, -0.05) is 29.1 Å². The first kappa shape index (κ1) is 17.6. The summed E-state index contributed by atoms with van der Waals surface area (Å²) in [7, 11) is 0. The highest BCUT2D eigenvalue weighted by Gasteiger charge is 2.04. The molecule has 0 aromatic carbocycles. The molecule has 0 aliphatic heterocycles. The van der Waals surface area contributed by atoms with Crippen molar-refractivity contribution in [2.24, 2.45) is 0 Å². The molecule has 0 saturated carbocycles. The molecule has 0 unspecified atom stereocenters.